The van der Waals surface area contributed by atoms with E-state index in [1.165, 1.54) is 0 Å². The van der Waals surface area contributed by atoms with Crippen molar-refractivity contribution in [3.8, 4) is 0 Å². The van der Waals surface area contributed by atoms with Crippen LogP contribution in [0.2, 0.25) is 0 Å². The van der Waals surface area contributed by atoms with E-state index >= 15 is 0 Å². The first kappa shape index (κ1) is 11.5. The predicted molar refractivity (Wildman–Crippen MR) is 74.6 cm³/mol. The molecule has 0 spiro atoms. The maximum Gasteiger partial charge on any atom is 0.131 e. The molecule has 0 aliphatic heterocycles. The molecular formula is C13H13N3S. The first-order valence-corrected chi connectivity index (χ1v) is 5.67. The number of para-hydroxylation sites is 1. The molecule has 0 unspecified atom stereocenters. The molecule has 2 aromatic rings. The zero-order chi connectivity index (χ0) is 12.3. The van der Waals surface area contributed by atoms with E-state index in [4.69, 9.17) is 18.0 Å². The highest BCUT2D eigenvalue weighted by atomic mass is 32.1. The SMILES string of the molecule is Cc1ccccc1Nc1cccc(C(N)=S)n1. The second kappa shape index (κ2) is 4.93. The molecule has 0 aliphatic carbocycles. The number of nitrogens with two attached hydrogens (primary N) is 1. The van der Waals surface area contributed by atoms with Gasteiger partial charge in [-0.05, 0) is 30.7 Å². The van der Waals surface area contributed by atoms with Gasteiger partial charge in [0.15, 0.2) is 0 Å². The smallest absolute Gasteiger partial charge is 0.131 e. The Morgan fingerprint density at radius 1 is 1.18 bits per heavy atom. The average molecular weight is 243 g/mol. The molecule has 0 amide bonds. The minimum Gasteiger partial charge on any atom is -0.388 e. The van der Waals surface area contributed by atoms with Gasteiger partial charge in [-0.3, -0.25) is 0 Å². The van der Waals surface area contributed by atoms with Crippen LogP contribution in [0.4, 0.5) is 11.5 Å². The summed E-state index contributed by atoms with van der Waals surface area (Å²) in [7, 11) is 0. The van der Waals surface area contributed by atoms with Crippen molar-refractivity contribution < 1.29 is 0 Å². The summed E-state index contributed by atoms with van der Waals surface area (Å²) in [4.78, 5) is 4.64. The minimum absolute atomic E-state index is 0.304. The van der Waals surface area contributed by atoms with E-state index in [9.17, 15) is 0 Å². The van der Waals surface area contributed by atoms with Gasteiger partial charge in [0.05, 0.1) is 5.69 Å². The summed E-state index contributed by atoms with van der Waals surface area (Å²) in [6.45, 7) is 2.04. The summed E-state index contributed by atoms with van der Waals surface area (Å²) in [5.41, 5.74) is 8.36. The third-order valence-corrected chi connectivity index (χ3v) is 2.62. The van der Waals surface area contributed by atoms with E-state index in [0.29, 0.717) is 10.7 Å². The second-order valence-electron chi connectivity index (χ2n) is 3.71. The molecule has 3 nitrogen and oxygen atoms in total. The summed E-state index contributed by atoms with van der Waals surface area (Å²) in [6, 6.07) is 13.6. The van der Waals surface area contributed by atoms with Crippen LogP contribution in [-0.2, 0) is 0 Å². The van der Waals surface area contributed by atoms with Gasteiger partial charge in [0.2, 0.25) is 0 Å². The van der Waals surface area contributed by atoms with Gasteiger partial charge in [0.25, 0.3) is 0 Å². The number of hydrogen-bond acceptors (Lipinski definition) is 3. The molecular weight excluding hydrogens is 230 g/mol. The topological polar surface area (TPSA) is 50.9 Å². The molecule has 0 atom stereocenters. The van der Waals surface area contributed by atoms with Crippen LogP contribution in [0.5, 0.6) is 0 Å². The molecule has 3 N–H and O–H groups in total. The maximum absolute atomic E-state index is 5.55. The molecule has 0 bridgehead atoms. The number of nitrogens with zero attached hydrogens (tertiary/aromatic N) is 1. The lowest BCUT2D eigenvalue weighted by atomic mass is 10.2. The van der Waals surface area contributed by atoms with Gasteiger partial charge in [-0.2, -0.15) is 0 Å². The number of nitrogens with one attached hydrogen (secondary N) is 1. The molecule has 1 heterocycles. The fourth-order valence-electron chi connectivity index (χ4n) is 1.49. The van der Waals surface area contributed by atoms with E-state index < -0.39 is 0 Å². The first-order chi connectivity index (χ1) is 8.16. The minimum atomic E-state index is 0.304. The van der Waals surface area contributed by atoms with Crippen molar-refractivity contribution in [3.05, 3.63) is 53.7 Å². The summed E-state index contributed by atoms with van der Waals surface area (Å²) in [6.07, 6.45) is 0. The number of hydrogen-bond donors (Lipinski definition) is 2. The van der Waals surface area contributed by atoms with Gasteiger partial charge in [-0.15, -0.1) is 0 Å². The maximum atomic E-state index is 5.55. The van der Waals surface area contributed by atoms with Crippen LogP contribution in [0.3, 0.4) is 0 Å². The highest BCUT2D eigenvalue weighted by Gasteiger charge is 2.01. The number of aromatic nitrogens is 1. The fourth-order valence-corrected chi connectivity index (χ4v) is 1.61. The molecule has 1 aromatic heterocycles. The van der Waals surface area contributed by atoms with Crippen molar-refractivity contribution in [1.29, 1.82) is 0 Å². The van der Waals surface area contributed by atoms with Crippen molar-refractivity contribution in [2.75, 3.05) is 5.32 Å². The Hall–Kier alpha value is -1.94. The molecule has 0 saturated carbocycles. The fraction of sp³-hybridized carbons (Fsp3) is 0.0769. The Morgan fingerprint density at radius 3 is 2.65 bits per heavy atom. The third-order valence-electron chi connectivity index (χ3n) is 2.41. The normalized spacial score (nSPS) is 9.94. The standard InChI is InChI=1S/C13H13N3S/c1-9-5-2-3-6-10(9)15-12-8-4-7-11(16-12)13(14)17/h2-8H,1H3,(H2,14,17)(H,15,16). The van der Waals surface area contributed by atoms with E-state index in [2.05, 4.69) is 10.3 Å². The molecule has 1 aromatic carbocycles. The van der Waals surface area contributed by atoms with E-state index in [1.807, 2.05) is 43.3 Å². The molecule has 17 heavy (non-hydrogen) atoms. The number of anilines is 2. The van der Waals surface area contributed by atoms with Crippen molar-refractivity contribution in [3.63, 3.8) is 0 Å². The summed E-state index contributed by atoms with van der Waals surface area (Å²) >= 11 is 4.90. The van der Waals surface area contributed by atoms with Gasteiger partial charge in [0, 0.05) is 5.69 Å². The Labute approximate surface area is 106 Å². The highest BCUT2D eigenvalue weighted by Crippen LogP contribution is 2.18. The number of thiocarbonyl (C=S) groups is 1. The van der Waals surface area contributed by atoms with Gasteiger partial charge < -0.3 is 11.1 Å². The molecule has 0 saturated heterocycles. The van der Waals surface area contributed by atoms with Crippen LogP contribution in [0, 0.1) is 6.92 Å². The van der Waals surface area contributed by atoms with Gasteiger partial charge >= 0.3 is 0 Å². The lowest BCUT2D eigenvalue weighted by molar-refractivity contribution is 1.27. The average Bonchev–Trinajstić information content (AvgIpc) is 2.32. The van der Waals surface area contributed by atoms with Crippen LogP contribution < -0.4 is 11.1 Å². The van der Waals surface area contributed by atoms with Gasteiger partial charge in [0.1, 0.15) is 10.8 Å². The highest BCUT2D eigenvalue weighted by molar-refractivity contribution is 7.80. The molecule has 2 rings (SSSR count). The number of aryl methyl sites for hydroxylation is 1. The molecule has 86 valence electrons. The molecule has 4 heteroatoms. The van der Waals surface area contributed by atoms with Crippen LogP contribution >= 0.6 is 12.2 Å². The van der Waals surface area contributed by atoms with E-state index in [1.54, 1.807) is 6.07 Å². The Bertz CT molecular complexity index is 552. The van der Waals surface area contributed by atoms with Crippen LogP contribution in [0.1, 0.15) is 11.3 Å². The van der Waals surface area contributed by atoms with E-state index in [0.717, 1.165) is 17.1 Å². The number of pyridine rings is 1. The zero-order valence-corrected chi connectivity index (χ0v) is 10.3. The monoisotopic (exact) mass is 243 g/mol. The Morgan fingerprint density at radius 2 is 1.94 bits per heavy atom. The van der Waals surface area contributed by atoms with Crippen molar-refractivity contribution in [1.82, 2.24) is 4.98 Å². The lowest BCUT2D eigenvalue weighted by Crippen LogP contribution is -2.12. The first-order valence-electron chi connectivity index (χ1n) is 5.26. The van der Waals surface area contributed by atoms with Crippen molar-refractivity contribution >= 4 is 28.7 Å². The predicted octanol–water partition coefficient (Wildman–Crippen LogP) is 2.77. The summed E-state index contributed by atoms with van der Waals surface area (Å²) in [5.74, 6) is 0.740. The van der Waals surface area contributed by atoms with Crippen molar-refractivity contribution in [2.24, 2.45) is 5.73 Å². The van der Waals surface area contributed by atoms with E-state index in [-0.39, 0.29) is 0 Å². The number of benzene rings is 1. The number of rotatable bonds is 3. The second-order valence-corrected chi connectivity index (χ2v) is 4.15. The quantitative estimate of drug-likeness (QED) is 0.814. The van der Waals surface area contributed by atoms with Crippen LogP contribution in [0.15, 0.2) is 42.5 Å². The Balaban J connectivity index is 2.28. The third kappa shape index (κ3) is 2.79. The molecule has 0 radical (unpaired) electrons. The van der Waals surface area contributed by atoms with Crippen LogP contribution in [0.25, 0.3) is 0 Å². The van der Waals surface area contributed by atoms with Gasteiger partial charge in [-0.25, -0.2) is 4.98 Å². The summed E-state index contributed by atoms with van der Waals surface area (Å²) < 4.78 is 0. The molecule has 0 aliphatic rings. The van der Waals surface area contributed by atoms with Crippen molar-refractivity contribution in [2.45, 2.75) is 6.92 Å². The zero-order valence-electron chi connectivity index (χ0n) is 9.47. The van der Waals surface area contributed by atoms with Gasteiger partial charge in [-0.1, -0.05) is 36.5 Å². The largest absolute Gasteiger partial charge is 0.388 e. The molecule has 0 fully saturated rings. The lowest BCUT2D eigenvalue weighted by Gasteiger charge is -2.09. The summed E-state index contributed by atoms with van der Waals surface area (Å²) in [5, 5.41) is 3.24. The van der Waals surface area contributed by atoms with Crippen LogP contribution in [-0.4, -0.2) is 9.97 Å². The Kier molecular flexibility index (Phi) is 3.35.